The fraction of sp³-hybridized carbons (Fsp3) is 0.115. The number of hydrogen-bond acceptors (Lipinski definition) is 8. The molecule has 0 saturated carbocycles. The van der Waals surface area contributed by atoms with Crippen LogP contribution < -0.4 is 21.9 Å². The maximum atomic E-state index is 13.7. The minimum atomic E-state index is -0.731. The number of nitrogen functional groups attached to an aromatic ring is 1. The van der Waals surface area contributed by atoms with E-state index in [9.17, 15) is 19.1 Å². The van der Waals surface area contributed by atoms with Crippen LogP contribution in [0.2, 0.25) is 0 Å². The van der Waals surface area contributed by atoms with Gasteiger partial charge in [-0.2, -0.15) is 5.10 Å². The topological polar surface area (TPSA) is 152 Å². The molecule has 3 heterocycles. The van der Waals surface area contributed by atoms with Crippen LogP contribution in [0.3, 0.4) is 0 Å². The number of nitrogens with one attached hydrogen (secondary N) is 2. The van der Waals surface area contributed by atoms with E-state index in [-0.39, 0.29) is 34.2 Å². The van der Waals surface area contributed by atoms with Gasteiger partial charge in [0.25, 0.3) is 11.5 Å². The Morgan fingerprint density at radius 1 is 1.13 bits per heavy atom. The van der Waals surface area contributed by atoms with E-state index in [0.29, 0.717) is 17.0 Å². The van der Waals surface area contributed by atoms with Crippen molar-refractivity contribution in [3.05, 3.63) is 100 Å². The van der Waals surface area contributed by atoms with Crippen molar-refractivity contribution >= 4 is 28.7 Å². The van der Waals surface area contributed by atoms with E-state index >= 15 is 0 Å². The van der Waals surface area contributed by atoms with Crippen molar-refractivity contribution in [3.8, 4) is 11.4 Å². The summed E-state index contributed by atoms with van der Waals surface area (Å²) in [5.74, 6) is -1.52. The Morgan fingerprint density at radius 2 is 1.89 bits per heavy atom. The number of aromatic nitrogens is 5. The van der Waals surface area contributed by atoms with Crippen molar-refractivity contribution < 1.29 is 14.3 Å². The van der Waals surface area contributed by atoms with E-state index in [1.54, 1.807) is 31.3 Å². The Bertz CT molecular complexity index is 1710. The summed E-state index contributed by atoms with van der Waals surface area (Å²) in [6.45, 7) is 3.59. The van der Waals surface area contributed by atoms with Crippen LogP contribution >= 0.6 is 0 Å². The summed E-state index contributed by atoms with van der Waals surface area (Å²) in [5, 5.41) is 20.0. The van der Waals surface area contributed by atoms with E-state index in [2.05, 4.69) is 25.7 Å². The smallest absolute Gasteiger partial charge is 0.282 e. The number of anilines is 3. The number of phenolic OH excluding ortho intramolecular Hbond substituents is 1. The van der Waals surface area contributed by atoms with Gasteiger partial charge in [0.15, 0.2) is 5.82 Å². The number of phenols is 1. The molecular formula is C26H23FN8O3. The highest BCUT2D eigenvalue weighted by molar-refractivity contribution is 6.10. The van der Waals surface area contributed by atoms with Gasteiger partial charge in [0.05, 0.1) is 11.7 Å². The van der Waals surface area contributed by atoms with Gasteiger partial charge in [-0.25, -0.2) is 18.9 Å². The number of aromatic hydroxyl groups is 1. The van der Waals surface area contributed by atoms with Gasteiger partial charge in [-0.15, -0.1) is 0 Å². The molecule has 1 atom stereocenters. The molecular weight excluding hydrogens is 491 g/mol. The lowest BCUT2D eigenvalue weighted by atomic mass is 10.2. The third-order valence-corrected chi connectivity index (χ3v) is 5.91. The van der Waals surface area contributed by atoms with Gasteiger partial charge < -0.3 is 21.5 Å². The van der Waals surface area contributed by atoms with Crippen molar-refractivity contribution in [1.29, 1.82) is 0 Å². The molecule has 0 aliphatic carbocycles. The molecule has 2 aromatic carbocycles. The highest BCUT2D eigenvalue weighted by atomic mass is 19.1. The first-order valence-corrected chi connectivity index (χ1v) is 11.6. The number of nitrogens with zero attached hydrogens (tertiary/aromatic N) is 5. The number of amides is 1. The molecule has 12 heteroatoms. The Kier molecular flexibility index (Phi) is 6.21. The Labute approximate surface area is 215 Å². The van der Waals surface area contributed by atoms with Crippen molar-refractivity contribution in [2.24, 2.45) is 0 Å². The number of benzene rings is 2. The van der Waals surface area contributed by atoms with Gasteiger partial charge >= 0.3 is 0 Å². The molecule has 1 unspecified atom stereocenters. The summed E-state index contributed by atoms with van der Waals surface area (Å²) in [6, 6.07) is 13.4. The summed E-state index contributed by atoms with van der Waals surface area (Å²) < 4.78 is 16.7. The number of fused-ring (bicyclic) bond motifs is 1. The minimum absolute atomic E-state index is 0.0164. The first-order chi connectivity index (χ1) is 18.2. The molecule has 5 N–H and O–H groups in total. The number of para-hydroxylation sites is 1. The lowest BCUT2D eigenvalue weighted by molar-refractivity contribution is 0.102. The largest absolute Gasteiger partial charge is 0.508 e. The Balaban J connectivity index is 1.56. The normalized spacial score (nSPS) is 11.9. The molecule has 1 amide bonds. The first kappa shape index (κ1) is 24.4. The predicted molar refractivity (Wildman–Crippen MR) is 140 cm³/mol. The lowest BCUT2D eigenvalue weighted by Gasteiger charge is -2.21. The molecule has 192 valence electrons. The number of halogens is 1. The molecule has 0 aliphatic heterocycles. The van der Waals surface area contributed by atoms with E-state index < -0.39 is 17.8 Å². The van der Waals surface area contributed by atoms with Gasteiger partial charge in [-0.3, -0.25) is 14.2 Å². The number of carbonyl (C=O) groups is 1. The minimum Gasteiger partial charge on any atom is -0.508 e. The Morgan fingerprint density at radius 3 is 2.63 bits per heavy atom. The molecule has 11 nitrogen and oxygen atoms in total. The number of aryl methyl sites for hydroxylation is 1. The van der Waals surface area contributed by atoms with Gasteiger partial charge in [0.2, 0.25) is 0 Å². The molecule has 5 aromatic rings. The fourth-order valence-electron chi connectivity index (χ4n) is 4.18. The highest BCUT2D eigenvalue weighted by Gasteiger charge is 2.24. The maximum Gasteiger partial charge on any atom is 0.282 e. The Hall–Kier alpha value is -5.26. The molecule has 3 aromatic heterocycles. The third kappa shape index (κ3) is 4.50. The van der Waals surface area contributed by atoms with Gasteiger partial charge in [0, 0.05) is 24.0 Å². The fourth-order valence-corrected chi connectivity index (χ4v) is 4.18. The summed E-state index contributed by atoms with van der Waals surface area (Å²) in [5.41, 5.74) is 7.51. The molecule has 0 fully saturated rings. The van der Waals surface area contributed by atoms with Crippen molar-refractivity contribution in [2.45, 2.75) is 19.9 Å². The number of nitrogens with two attached hydrogens (primary N) is 1. The van der Waals surface area contributed by atoms with E-state index in [0.717, 1.165) is 17.7 Å². The predicted octanol–water partition coefficient (Wildman–Crippen LogP) is 3.44. The van der Waals surface area contributed by atoms with Crippen LogP contribution in [0.1, 0.15) is 34.7 Å². The lowest BCUT2D eigenvalue weighted by Crippen LogP contribution is -2.30. The van der Waals surface area contributed by atoms with Crippen LogP contribution in [0.4, 0.5) is 21.7 Å². The SMILES string of the molecule is Cc1ccn2nc(C(C)Nc3ncnc(N)c3C(=O)Nc3cc(O)cc(F)c3)n(-c3ccccc3)c(=O)c12. The summed E-state index contributed by atoms with van der Waals surface area (Å²) >= 11 is 0. The zero-order valence-corrected chi connectivity index (χ0v) is 20.4. The monoisotopic (exact) mass is 514 g/mol. The average Bonchev–Trinajstić information content (AvgIpc) is 3.24. The molecule has 0 radical (unpaired) electrons. The van der Waals surface area contributed by atoms with Crippen LogP contribution in [0.25, 0.3) is 11.2 Å². The zero-order chi connectivity index (χ0) is 27.0. The summed E-state index contributed by atoms with van der Waals surface area (Å²) in [7, 11) is 0. The quantitative estimate of drug-likeness (QED) is 0.269. The van der Waals surface area contributed by atoms with Crippen LogP contribution in [-0.4, -0.2) is 35.2 Å². The maximum absolute atomic E-state index is 13.7. The molecule has 0 spiro atoms. The van der Waals surface area contributed by atoms with Gasteiger partial charge in [-0.1, -0.05) is 18.2 Å². The van der Waals surface area contributed by atoms with Gasteiger partial charge in [-0.05, 0) is 43.7 Å². The highest BCUT2D eigenvalue weighted by Crippen LogP contribution is 2.26. The first-order valence-electron chi connectivity index (χ1n) is 11.6. The van der Waals surface area contributed by atoms with Crippen LogP contribution in [0, 0.1) is 12.7 Å². The average molecular weight is 515 g/mol. The second-order valence-electron chi connectivity index (χ2n) is 8.63. The van der Waals surface area contributed by atoms with E-state index in [4.69, 9.17) is 5.73 Å². The van der Waals surface area contributed by atoms with Crippen LogP contribution in [0.15, 0.2) is 71.9 Å². The second-order valence-corrected chi connectivity index (χ2v) is 8.63. The van der Waals surface area contributed by atoms with E-state index in [1.165, 1.54) is 21.5 Å². The van der Waals surface area contributed by atoms with Crippen LogP contribution in [-0.2, 0) is 0 Å². The van der Waals surface area contributed by atoms with E-state index in [1.807, 2.05) is 25.1 Å². The molecule has 5 rings (SSSR count). The van der Waals surface area contributed by atoms with Gasteiger partial charge in [0.1, 0.15) is 40.6 Å². The summed E-state index contributed by atoms with van der Waals surface area (Å²) in [6.07, 6.45) is 2.89. The third-order valence-electron chi connectivity index (χ3n) is 5.91. The molecule has 0 aliphatic rings. The van der Waals surface area contributed by atoms with Crippen molar-refractivity contribution in [1.82, 2.24) is 24.1 Å². The second kappa shape index (κ2) is 9.65. The molecule has 0 bridgehead atoms. The van der Waals surface area contributed by atoms with Crippen molar-refractivity contribution in [3.63, 3.8) is 0 Å². The summed E-state index contributed by atoms with van der Waals surface area (Å²) in [4.78, 5) is 34.8. The molecule has 38 heavy (non-hydrogen) atoms. The standard InChI is InChI=1S/C26H23FN8O3/c1-14-8-9-34-21(14)26(38)35(18-6-4-3-5-7-18)24(33-34)15(2)31-23-20(22(28)29-13-30-23)25(37)32-17-10-16(27)11-19(36)12-17/h3-13,15,36H,1-2H3,(H,32,37)(H3,28,29,30,31). The van der Waals surface area contributed by atoms with Crippen LogP contribution in [0.5, 0.6) is 5.75 Å². The molecule has 0 saturated heterocycles. The number of hydrogen-bond donors (Lipinski definition) is 4. The zero-order valence-electron chi connectivity index (χ0n) is 20.4. The number of carbonyl (C=O) groups excluding carboxylic acids is 1. The van der Waals surface area contributed by atoms with Crippen molar-refractivity contribution in [2.75, 3.05) is 16.4 Å². The number of rotatable bonds is 6.